The lowest BCUT2D eigenvalue weighted by Crippen LogP contribution is -2.45. The van der Waals surface area contributed by atoms with Crippen molar-refractivity contribution in [2.75, 3.05) is 32.7 Å². The molecule has 0 unspecified atom stereocenters. The van der Waals surface area contributed by atoms with Crippen LogP contribution in [0.1, 0.15) is 12.8 Å². The van der Waals surface area contributed by atoms with E-state index in [2.05, 4.69) is 16.0 Å². The second-order valence-electron chi connectivity index (χ2n) is 4.72. The number of likely N-dealkylation sites (tertiary alicyclic amines) is 1. The highest BCUT2D eigenvalue weighted by atomic mass is 16.2. The third kappa shape index (κ3) is 6.68. The van der Waals surface area contributed by atoms with Crippen LogP contribution < -0.4 is 21.7 Å². The summed E-state index contributed by atoms with van der Waals surface area (Å²) < 4.78 is 0. The normalized spacial score (nSPS) is 13.6. The van der Waals surface area contributed by atoms with Gasteiger partial charge < -0.3 is 26.6 Å². The van der Waals surface area contributed by atoms with E-state index in [4.69, 9.17) is 5.73 Å². The molecular weight excluding hydrogens is 294 g/mol. The molecule has 5 N–H and O–H groups in total. The molecule has 1 aliphatic rings. The van der Waals surface area contributed by atoms with Crippen molar-refractivity contribution in [2.45, 2.75) is 12.8 Å². The number of carbonyl (C=O) groups excluding carboxylic acids is 5. The molecule has 22 heavy (non-hydrogen) atoms. The van der Waals surface area contributed by atoms with Crippen LogP contribution in [0.4, 0.5) is 0 Å². The van der Waals surface area contributed by atoms with Gasteiger partial charge in [0.2, 0.25) is 29.5 Å². The molecule has 1 aliphatic heterocycles. The van der Waals surface area contributed by atoms with Crippen molar-refractivity contribution in [1.82, 2.24) is 20.9 Å². The standard InChI is InChI=1S/C12H19N5O5/c13-8(18)4-14-9(19)5-15-10(20)6-16-11(21)7-17-3-1-2-12(17)22/h1-7H2,(H2,13,18)(H,14,19)(H,15,20)(H,16,21). The van der Waals surface area contributed by atoms with Crippen LogP contribution in [0.15, 0.2) is 0 Å². The summed E-state index contributed by atoms with van der Waals surface area (Å²) in [4.78, 5) is 57.3. The zero-order valence-corrected chi connectivity index (χ0v) is 12.0. The summed E-state index contributed by atoms with van der Waals surface area (Å²) in [6, 6.07) is 0. The quantitative estimate of drug-likeness (QED) is 0.365. The molecule has 10 heteroatoms. The number of nitrogens with one attached hydrogen (secondary N) is 3. The molecule has 0 spiro atoms. The lowest BCUT2D eigenvalue weighted by Gasteiger charge is -2.14. The highest BCUT2D eigenvalue weighted by molar-refractivity contribution is 5.91. The number of amides is 5. The minimum Gasteiger partial charge on any atom is -0.368 e. The summed E-state index contributed by atoms with van der Waals surface area (Å²) in [5.41, 5.74) is 4.84. The summed E-state index contributed by atoms with van der Waals surface area (Å²) >= 11 is 0. The Balaban J connectivity index is 2.14. The van der Waals surface area contributed by atoms with Gasteiger partial charge in [-0.05, 0) is 6.42 Å². The Morgan fingerprint density at radius 2 is 1.50 bits per heavy atom. The van der Waals surface area contributed by atoms with E-state index in [-0.39, 0.29) is 32.1 Å². The molecule has 122 valence electrons. The molecule has 0 bridgehead atoms. The van der Waals surface area contributed by atoms with Crippen LogP contribution in [0.3, 0.4) is 0 Å². The van der Waals surface area contributed by atoms with Crippen molar-refractivity contribution in [1.29, 1.82) is 0 Å². The predicted octanol–water partition coefficient (Wildman–Crippen LogP) is -3.56. The van der Waals surface area contributed by atoms with Crippen molar-refractivity contribution in [3.05, 3.63) is 0 Å². The van der Waals surface area contributed by atoms with E-state index in [1.165, 1.54) is 4.90 Å². The molecule has 1 saturated heterocycles. The molecule has 0 radical (unpaired) electrons. The minimum absolute atomic E-state index is 0.0780. The Morgan fingerprint density at radius 3 is 2.00 bits per heavy atom. The van der Waals surface area contributed by atoms with Crippen LogP contribution in [0.5, 0.6) is 0 Å². The maximum Gasteiger partial charge on any atom is 0.240 e. The Labute approximate surface area is 126 Å². The van der Waals surface area contributed by atoms with Gasteiger partial charge in [0.1, 0.15) is 0 Å². The average molecular weight is 313 g/mol. The molecule has 0 atom stereocenters. The van der Waals surface area contributed by atoms with Crippen LogP contribution in [0, 0.1) is 0 Å². The van der Waals surface area contributed by atoms with Crippen molar-refractivity contribution in [3.8, 4) is 0 Å². The van der Waals surface area contributed by atoms with Crippen LogP contribution in [-0.2, 0) is 24.0 Å². The van der Waals surface area contributed by atoms with E-state index in [0.717, 1.165) is 6.42 Å². The monoisotopic (exact) mass is 313 g/mol. The lowest BCUT2D eigenvalue weighted by atomic mass is 10.4. The van der Waals surface area contributed by atoms with Crippen molar-refractivity contribution >= 4 is 29.5 Å². The van der Waals surface area contributed by atoms with Crippen LogP contribution in [-0.4, -0.2) is 67.2 Å². The molecule has 1 rings (SSSR count). The maximum atomic E-state index is 11.5. The summed E-state index contributed by atoms with van der Waals surface area (Å²) in [7, 11) is 0. The van der Waals surface area contributed by atoms with Crippen LogP contribution in [0.2, 0.25) is 0 Å². The van der Waals surface area contributed by atoms with E-state index in [1.807, 2.05) is 0 Å². The van der Waals surface area contributed by atoms with Gasteiger partial charge in [-0.1, -0.05) is 0 Å². The highest BCUT2D eigenvalue weighted by Crippen LogP contribution is 2.08. The molecule has 0 aromatic heterocycles. The average Bonchev–Trinajstić information content (AvgIpc) is 2.86. The van der Waals surface area contributed by atoms with Gasteiger partial charge in [-0.2, -0.15) is 0 Å². The zero-order chi connectivity index (χ0) is 16.5. The molecule has 5 amide bonds. The molecule has 0 aromatic carbocycles. The zero-order valence-electron chi connectivity index (χ0n) is 12.0. The van der Waals surface area contributed by atoms with Gasteiger partial charge in [-0.3, -0.25) is 24.0 Å². The molecule has 0 saturated carbocycles. The second-order valence-corrected chi connectivity index (χ2v) is 4.72. The largest absolute Gasteiger partial charge is 0.368 e. The summed E-state index contributed by atoms with van der Waals surface area (Å²) in [6.07, 6.45) is 1.17. The molecule has 1 fully saturated rings. The van der Waals surface area contributed by atoms with Crippen LogP contribution >= 0.6 is 0 Å². The topological polar surface area (TPSA) is 151 Å². The van der Waals surface area contributed by atoms with Gasteiger partial charge in [-0.15, -0.1) is 0 Å². The van der Waals surface area contributed by atoms with E-state index < -0.39 is 23.6 Å². The summed E-state index contributed by atoms with van der Waals surface area (Å²) in [5, 5.41) is 6.81. The molecular formula is C12H19N5O5. The molecule has 0 aliphatic carbocycles. The summed E-state index contributed by atoms with van der Waals surface area (Å²) in [5.74, 6) is -2.34. The Morgan fingerprint density at radius 1 is 0.955 bits per heavy atom. The van der Waals surface area contributed by atoms with E-state index in [9.17, 15) is 24.0 Å². The number of rotatable bonds is 8. The fourth-order valence-electron chi connectivity index (χ4n) is 1.77. The number of nitrogens with two attached hydrogens (primary N) is 1. The number of hydrogen-bond acceptors (Lipinski definition) is 5. The predicted molar refractivity (Wildman–Crippen MR) is 74.0 cm³/mol. The van der Waals surface area contributed by atoms with E-state index >= 15 is 0 Å². The van der Waals surface area contributed by atoms with Crippen LogP contribution in [0.25, 0.3) is 0 Å². The van der Waals surface area contributed by atoms with Gasteiger partial charge in [0.15, 0.2) is 0 Å². The first-order chi connectivity index (χ1) is 10.4. The smallest absolute Gasteiger partial charge is 0.240 e. The minimum atomic E-state index is -0.691. The summed E-state index contributed by atoms with van der Waals surface area (Å²) in [6.45, 7) is -0.477. The van der Waals surface area contributed by atoms with E-state index in [1.54, 1.807) is 0 Å². The SMILES string of the molecule is NC(=O)CNC(=O)CNC(=O)CNC(=O)CN1CCCC1=O. The first-order valence-electron chi connectivity index (χ1n) is 6.74. The van der Waals surface area contributed by atoms with Crippen molar-refractivity contribution in [3.63, 3.8) is 0 Å². The first-order valence-corrected chi connectivity index (χ1v) is 6.74. The number of primary amides is 1. The Kier molecular flexibility index (Phi) is 6.80. The number of hydrogen-bond donors (Lipinski definition) is 4. The lowest BCUT2D eigenvalue weighted by molar-refractivity contribution is -0.133. The molecule has 0 aromatic rings. The second kappa shape index (κ2) is 8.60. The van der Waals surface area contributed by atoms with Gasteiger partial charge in [0.25, 0.3) is 0 Å². The number of carbonyl (C=O) groups is 5. The highest BCUT2D eigenvalue weighted by Gasteiger charge is 2.22. The van der Waals surface area contributed by atoms with E-state index in [0.29, 0.717) is 13.0 Å². The van der Waals surface area contributed by atoms with Gasteiger partial charge in [0.05, 0.1) is 26.2 Å². The first kappa shape index (κ1) is 17.4. The Bertz CT molecular complexity index is 479. The number of nitrogens with zero attached hydrogens (tertiary/aromatic N) is 1. The van der Waals surface area contributed by atoms with Gasteiger partial charge in [0, 0.05) is 13.0 Å². The third-order valence-electron chi connectivity index (χ3n) is 2.86. The maximum absolute atomic E-state index is 11.5. The molecule has 10 nitrogen and oxygen atoms in total. The van der Waals surface area contributed by atoms with Crippen molar-refractivity contribution in [2.24, 2.45) is 5.73 Å². The van der Waals surface area contributed by atoms with Gasteiger partial charge in [-0.25, -0.2) is 0 Å². The fraction of sp³-hybridized carbons (Fsp3) is 0.583. The molecule has 1 heterocycles. The third-order valence-corrected chi connectivity index (χ3v) is 2.86. The fourth-order valence-corrected chi connectivity index (χ4v) is 1.77. The van der Waals surface area contributed by atoms with Gasteiger partial charge >= 0.3 is 0 Å². The van der Waals surface area contributed by atoms with Crippen molar-refractivity contribution < 1.29 is 24.0 Å². The Hall–Kier alpha value is -2.65.